The fourth-order valence-electron chi connectivity index (χ4n) is 9.44. The number of hydrogen-bond donors (Lipinski definition) is 0. The average molecular weight is 1000 g/mol. The van der Waals surface area contributed by atoms with Gasteiger partial charge in [-0.3, -0.25) is 0 Å². The van der Waals surface area contributed by atoms with Crippen LogP contribution in [0, 0.1) is 43.2 Å². The summed E-state index contributed by atoms with van der Waals surface area (Å²) < 4.78 is 6.87. The van der Waals surface area contributed by atoms with Crippen LogP contribution in [0.15, 0.2) is 211 Å². The molecule has 0 fully saturated rings. The van der Waals surface area contributed by atoms with Crippen LogP contribution in [0.25, 0.3) is 88.9 Å². The molecule has 0 spiro atoms. The molecule has 1 aliphatic carbocycles. The van der Waals surface area contributed by atoms with Gasteiger partial charge in [-0.15, -0.1) is 11.1 Å². The number of furan rings is 1. The van der Waals surface area contributed by atoms with Gasteiger partial charge in [-0.25, -0.2) is 9.97 Å². The topological polar surface area (TPSA) is 38.9 Å². The molecule has 1 aliphatic rings. The summed E-state index contributed by atoms with van der Waals surface area (Å²) in [5.74, 6) is 0.665. The van der Waals surface area contributed by atoms with Crippen LogP contribution in [0.5, 0.6) is 0 Å². The van der Waals surface area contributed by atoms with Crippen molar-refractivity contribution >= 4 is 32.7 Å². The summed E-state index contributed by atoms with van der Waals surface area (Å²) in [4.78, 5) is 10.6. The van der Waals surface area contributed by atoms with E-state index in [0.29, 0.717) is 5.82 Å². The SMILES string of the molecule is [U+2].[c-]1ccccc1C1(c2[c-]cccc2)c2ccccc2-c2cc3c(cc21)oc1cccc(-c2cc(-c4ccc5ccccc5c4)nc(-c4ccc(-c5ccccc5)cc4)n2)c13. The van der Waals surface area contributed by atoms with Crippen LogP contribution >= 0.6 is 0 Å². The minimum absolute atomic E-state index is 0. The van der Waals surface area contributed by atoms with Crippen molar-refractivity contribution in [3.05, 3.63) is 241 Å². The number of nitrogens with zero attached hydrogens (tertiary/aromatic N) is 2. The van der Waals surface area contributed by atoms with Crippen LogP contribution < -0.4 is 0 Å². The van der Waals surface area contributed by atoms with Crippen LogP contribution in [-0.2, 0) is 5.41 Å². The smallest absolute Gasteiger partial charge is 0.456 e. The average Bonchev–Trinajstić information content (AvgIpc) is 3.84. The Bertz CT molecular complexity index is 3370. The molecule has 0 saturated heterocycles. The largest absolute Gasteiger partial charge is 2.00 e. The van der Waals surface area contributed by atoms with Gasteiger partial charge in [-0.1, -0.05) is 127 Å². The number of hydrogen-bond acceptors (Lipinski definition) is 3. The second kappa shape index (κ2) is 15.0. The van der Waals surface area contributed by atoms with Crippen molar-refractivity contribution in [2.24, 2.45) is 0 Å². The Hall–Kier alpha value is -6.83. The maximum atomic E-state index is 6.87. The third-order valence-corrected chi connectivity index (χ3v) is 12.2. The molecular weight excluding hydrogens is 967 g/mol. The minimum Gasteiger partial charge on any atom is -0.456 e. The van der Waals surface area contributed by atoms with E-state index in [1.54, 1.807) is 0 Å². The molecule has 0 bridgehead atoms. The third kappa shape index (κ3) is 6.01. The maximum absolute atomic E-state index is 6.87. The molecule has 61 heavy (non-hydrogen) atoms. The van der Waals surface area contributed by atoms with E-state index in [0.717, 1.165) is 72.3 Å². The molecule has 0 amide bonds. The van der Waals surface area contributed by atoms with Crippen LogP contribution in [0.2, 0.25) is 0 Å². The summed E-state index contributed by atoms with van der Waals surface area (Å²) >= 11 is 0. The van der Waals surface area contributed by atoms with Gasteiger partial charge in [0.05, 0.1) is 11.4 Å². The first-order chi connectivity index (χ1) is 29.7. The molecule has 9 aromatic carbocycles. The van der Waals surface area contributed by atoms with Gasteiger partial charge in [0, 0.05) is 32.9 Å². The quantitative estimate of drug-likeness (QED) is 0.156. The molecule has 0 atom stereocenters. The number of rotatable bonds is 6. The Morgan fingerprint density at radius 3 is 1.82 bits per heavy atom. The first kappa shape index (κ1) is 37.2. The van der Waals surface area contributed by atoms with Gasteiger partial charge >= 0.3 is 31.1 Å². The van der Waals surface area contributed by atoms with Crippen molar-refractivity contribution in [1.82, 2.24) is 9.97 Å². The minimum atomic E-state index is -0.628. The first-order valence-corrected chi connectivity index (χ1v) is 20.3. The monoisotopic (exact) mass is 1000 g/mol. The van der Waals surface area contributed by atoms with Crippen molar-refractivity contribution in [2.75, 3.05) is 0 Å². The molecule has 0 aliphatic heterocycles. The summed E-state index contributed by atoms with van der Waals surface area (Å²) in [5, 5.41) is 4.42. The number of benzene rings is 9. The van der Waals surface area contributed by atoms with Gasteiger partial charge in [0.25, 0.3) is 0 Å². The van der Waals surface area contributed by atoms with Gasteiger partial charge in [-0.05, 0) is 74.5 Å². The summed E-state index contributed by atoms with van der Waals surface area (Å²) in [6, 6.07) is 79.7. The van der Waals surface area contributed by atoms with E-state index in [1.165, 1.54) is 33.0 Å². The molecule has 2 heterocycles. The van der Waals surface area contributed by atoms with E-state index < -0.39 is 5.41 Å². The molecule has 3 nitrogen and oxygen atoms in total. The number of fused-ring (bicyclic) bond motifs is 7. The fraction of sp³-hybridized carbons (Fsp3) is 0.0175. The Morgan fingerprint density at radius 2 is 1.05 bits per heavy atom. The van der Waals surface area contributed by atoms with Crippen molar-refractivity contribution in [1.29, 1.82) is 0 Å². The van der Waals surface area contributed by atoms with E-state index in [9.17, 15) is 0 Å². The molecule has 0 N–H and O–H groups in total. The summed E-state index contributed by atoms with van der Waals surface area (Å²) in [6.07, 6.45) is 0. The zero-order valence-corrected chi connectivity index (χ0v) is 37.1. The molecule has 2 aromatic heterocycles. The van der Waals surface area contributed by atoms with Crippen molar-refractivity contribution in [3.8, 4) is 56.2 Å². The van der Waals surface area contributed by atoms with Gasteiger partial charge in [-0.2, -0.15) is 60.7 Å². The van der Waals surface area contributed by atoms with E-state index in [2.05, 4.69) is 188 Å². The number of aromatic nitrogens is 2. The van der Waals surface area contributed by atoms with Gasteiger partial charge in [0.1, 0.15) is 11.2 Å². The maximum Gasteiger partial charge on any atom is 2.00 e. The second-order valence-corrected chi connectivity index (χ2v) is 15.5. The van der Waals surface area contributed by atoms with Crippen molar-refractivity contribution < 1.29 is 35.5 Å². The third-order valence-electron chi connectivity index (χ3n) is 12.2. The van der Waals surface area contributed by atoms with Gasteiger partial charge < -0.3 is 4.42 Å². The Balaban J connectivity index is 0.00000420. The molecule has 0 radical (unpaired) electrons. The van der Waals surface area contributed by atoms with E-state index in [4.69, 9.17) is 14.4 Å². The zero-order chi connectivity index (χ0) is 39.6. The van der Waals surface area contributed by atoms with Crippen LogP contribution in [0.4, 0.5) is 0 Å². The van der Waals surface area contributed by atoms with E-state index in [1.807, 2.05) is 30.3 Å². The summed E-state index contributed by atoms with van der Waals surface area (Å²) in [6.45, 7) is 0. The van der Waals surface area contributed by atoms with E-state index >= 15 is 0 Å². The predicted molar refractivity (Wildman–Crippen MR) is 244 cm³/mol. The molecule has 12 rings (SSSR count). The van der Waals surface area contributed by atoms with E-state index in [-0.39, 0.29) is 31.1 Å². The summed E-state index contributed by atoms with van der Waals surface area (Å²) in [5.41, 5.74) is 14.8. The second-order valence-electron chi connectivity index (χ2n) is 15.5. The Labute approximate surface area is 377 Å². The van der Waals surface area contributed by atoms with Crippen LogP contribution in [0.3, 0.4) is 0 Å². The Kier molecular flexibility index (Phi) is 9.16. The molecule has 282 valence electrons. The zero-order valence-electron chi connectivity index (χ0n) is 32.9. The first-order valence-electron chi connectivity index (χ1n) is 20.3. The van der Waals surface area contributed by atoms with Gasteiger partial charge in [0.2, 0.25) is 0 Å². The van der Waals surface area contributed by atoms with Gasteiger partial charge in [0.15, 0.2) is 5.82 Å². The molecule has 0 unspecified atom stereocenters. The predicted octanol–water partition coefficient (Wildman–Crippen LogP) is 14.2. The molecular formula is C57H34N2OU. The summed E-state index contributed by atoms with van der Waals surface area (Å²) in [7, 11) is 0. The van der Waals surface area contributed by atoms with Crippen molar-refractivity contribution in [2.45, 2.75) is 5.41 Å². The molecule has 4 heteroatoms. The standard InChI is InChI=1S/C57H34N2O.U/c1-4-15-37(16-5-1)39-27-30-40(31-28-39)56-58-51(42-32-29-38-17-10-11-18-41(38)33-42)36-52(59-56)46-24-14-26-53-55(46)48-34-47-45-23-12-13-25-49(45)57(43-19-6-2-7-20-43,44-21-8-3-9-22-44)50(47)35-54(48)60-53;/h1-19,21,23-36H;/q-2;+2. The molecule has 11 aromatic rings. The van der Waals surface area contributed by atoms with Crippen LogP contribution in [-0.4, -0.2) is 9.97 Å². The fourth-order valence-corrected chi connectivity index (χ4v) is 9.44. The van der Waals surface area contributed by atoms with Crippen LogP contribution in [0.1, 0.15) is 22.3 Å². The normalized spacial score (nSPS) is 12.6. The van der Waals surface area contributed by atoms with Crippen molar-refractivity contribution in [3.63, 3.8) is 0 Å². The Morgan fingerprint density at radius 1 is 0.410 bits per heavy atom. The molecule has 0 saturated carbocycles.